The van der Waals surface area contributed by atoms with Crippen LogP contribution in [0.15, 0.2) is 0 Å². The van der Waals surface area contributed by atoms with Gasteiger partial charge in [-0.1, -0.05) is 6.42 Å². The van der Waals surface area contributed by atoms with Crippen LogP contribution < -0.4 is 10.6 Å². The van der Waals surface area contributed by atoms with E-state index in [1.165, 1.54) is 25.7 Å². The third kappa shape index (κ3) is 4.39. The van der Waals surface area contributed by atoms with Crippen molar-refractivity contribution in [1.29, 1.82) is 0 Å². The molecule has 0 heterocycles. The lowest BCUT2D eigenvalue weighted by atomic mass is 9.89. The number of nitrogens with one attached hydrogen (secondary N) is 2. The molecule has 5 heteroatoms. The molecular formula is C15H26N2O3. The van der Waals surface area contributed by atoms with Gasteiger partial charge in [-0.05, 0) is 56.8 Å². The van der Waals surface area contributed by atoms with Crippen molar-refractivity contribution in [2.24, 2.45) is 17.8 Å². The Bertz CT molecular complexity index is 359. The molecule has 4 unspecified atom stereocenters. The summed E-state index contributed by atoms with van der Waals surface area (Å²) in [4.78, 5) is 22.2. The largest absolute Gasteiger partial charge is 0.481 e. The minimum Gasteiger partial charge on any atom is -0.481 e. The number of hydrogen-bond donors (Lipinski definition) is 3. The van der Waals surface area contributed by atoms with Crippen LogP contribution in [0.3, 0.4) is 0 Å². The van der Waals surface area contributed by atoms with Crippen LogP contribution >= 0.6 is 0 Å². The Morgan fingerprint density at radius 2 is 2.10 bits per heavy atom. The zero-order valence-corrected chi connectivity index (χ0v) is 12.2. The van der Waals surface area contributed by atoms with Crippen molar-refractivity contribution in [2.45, 2.75) is 57.9 Å². The minimum absolute atomic E-state index is 0.0226. The SMILES string of the molecule is CC(CCCC(=O)O)NC(=O)NCC1CC2CCC1C2. The Kier molecular flexibility index (Phi) is 5.26. The number of carbonyl (C=O) groups excluding carboxylic acids is 1. The fourth-order valence-electron chi connectivity index (χ4n) is 3.76. The normalized spacial score (nSPS) is 29.1. The van der Waals surface area contributed by atoms with Gasteiger partial charge in [0.15, 0.2) is 0 Å². The molecule has 2 rings (SSSR count). The molecule has 2 fully saturated rings. The zero-order valence-electron chi connectivity index (χ0n) is 12.2. The lowest BCUT2D eigenvalue weighted by Gasteiger charge is -2.22. The monoisotopic (exact) mass is 282 g/mol. The molecule has 114 valence electrons. The van der Waals surface area contributed by atoms with Gasteiger partial charge in [0, 0.05) is 19.0 Å². The molecule has 0 saturated heterocycles. The van der Waals surface area contributed by atoms with Crippen molar-refractivity contribution in [1.82, 2.24) is 10.6 Å². The van der Waals surface area contributed by atoms with Gasteiger partial charge in [0.2, 0.25) is 0 Å². The molecule has 4 atom stereocenters. The smallest absolute Gasteiger partial charge is 0.315 e. The Hall–Kier alpha value is -1.26. The minimum atomic E-state index is -0.780. The molecule has 0 aromatic carbocycles. The lowest BCUT2D eigenvalue weighted by Crippen LogP contribution is -2.43. The van der Waals surface area contributed by atoms with Crippen LogP contribution in [-0.2, 0) is 4.79 Å². The number of hydrogen-bond acceptors (Lipinski definition) is 2. The summed E-state index contributed by atoms with van der Waals surface area (Å²) in [7, 11) is 0. The predicted molar refractivity (Wildman–Crippen MR) is 76.4 cm³/mol. The topological polar surface area (TPSA) is 78.4 Å². The van der Waals surface area contributed by atoms with Crippen LogP contribution in [0.1, 0.15) is 51.9 Å². The second-order valence-electron chi connectivity index (χ2n) is 6.48. The average Bonchev–Trinajstić information content (AvgIpc) is 2.97. The van der Waals surface area contributed by atoms with E-state index in [2.05, 4.69) is 10.6 Å². The molecule has 0 radical (unpaired) electrons. The molecule has 2 bridgehead atoms. The number of fused-ring (bicyclic) bond motifs is 2. The van der Waals surface area contributed by atoms with Gasteiger partial charge >= 0.3 is 12.0 Å². The number of carboxylic acid groups (broad SMARTS) is 1. The highest BCUT2D eigenvalue weighted by atomic mass is 16.4. The highest BCUT2D eigenvalue weighted by molar-refractivity contribution is 5.74. The first kappa shape index (κ1) is 15.1. The maximum absolute atomic E-state index is 11.8. The van der Waals surface area contributed by atoms with Crippen LogP contribution in [0.2, 0.25) is 0 Å². The predicted octanol–water partition coefficient (Wildman–Crippen LogP) is 2.37. The zero-order chi connectivity index (χ0) is 14.5. The quantitative estimate of drug-likeness (QED) is 0.670. The molecule has 0 spiro atoms. The van der Waals surface area contributed by atoms with E-state index >= 15 is 0 Å². The number of carbonyl (C=O) groups is 2. The summed E-state index contributed by atoms with van der Waals surface area (Å²) in [5.74, 6) is 1.62. The van der Waals surface area contributed by atoms with Crippen molar-refractivity contribution in [3.63, 3.8) is 0 Å². The van der Waals surface area contributed by atoms with E-state index in [1.807, 2.05) is 6.92 Å². The van der Waals surface area contributed by atoms with Crippen molar-refractivity contribution < 1.29 is 14.7 Å². The molecule has 5 nitrogen and oxygen atoms in total. The summed E-state index contributed by atoms with van der Waals surface area (Å²) in [5, 5.41) is 14.4. The van der Waals surface area contributed by atoms with Crippen molar-refractivity contribution >= 4 is 12.0 Å². The van der Waals surface area contributed by atoms with Crippen LogP contribution in [0.25, 0.3) is 0 Å². The number of aliphatic carboxylic acids is 1. The van der Waals surface area contributed by atoms with Crippen LogP contribution in [0, 0.1) is 17.8 Å². The summed E-state index contributed by atoms with van der Waals surface area (Å²) in [6.45, 7) is 2.70. The molecule has 20 heavy (non-hydrogen) atoms. The van der Waals surface area contributed by atoms with Gasteiger partial charge in [-0.3, -0.25) is 4.79 Å². The summed E-state index contributed by atoms with van der Waals surface area (Å²) in [6, 6.07) is -0.0926. The van der Waals surface area contributed by atoms with Gasteiger partial charge in [0.05, 0.1) is 0 Å². The third-order valence-corrected chi connectivity index (χ3v) is 4.81. The van der Waals surface area contributed by atoms with E-state index in [-0.39, 0.29) is 18.5 Å². The van der Waals surface area contributed by atoms with Crippen LogP contribution in [-0.4, -0.2) is 29.7 Å². The summed E-state index contributed by atoms with van der Waals surface area (Å²) in [5.41, 5.74) is 0. The summed E-state index contributed by atoms with van der Waals surface area (Å²) >= 11 is 0. The van der Waals surface area contributed by atoms with Gasteiger partial charge in [0.25, 0.3) is 0 Å². The Morgan fingerprint density at radius 1 is 1.30 bits per heavy atom. The van der Waals surface area contributed by atoms with Crippen molar-refractivity contribution in [3.8, 4) is 0 Å². The van der Waals surface area contributed by atoms with E-state index in [0.29, 0.717) is 18.8 Å². The molecule has 2 aliphatic rings. The van der Waals surface area contributed by atoms with E-state index in [9.17, 15) is 9.59 Å². The highest BCUT2D eigenvalue weighted by Crippen LogP contribution is 2.47. The number of urea groups is 1. The Balaban J connectivity index is 1.57. The fraction of sp³-hybridized carbons (Fsp3) is 0.867. The Morgan fingerprint density at radius 3 is 2.70 bits per heavy atom. The van der Waals surface area contributed by atoms with E-state index in [4.69, 9.17) is 5.11 Å². The van der Waals surface area contributed by atoms with Gasteiger partial charge in [0.1, 0.15) is 0 Å². The standard InChI is InChI=1S/C15H26N2O3/c1-10(3-2-4-14(18)19)17-15(20)16-9-13-8-11-5-6-12(13)7-11/h10-13H,2-9H2,1H3,(H,18,19)(H2,16,17,20). The van der Waals surface area contributed by atoms with E-state index in [1.54, 1.807) is 0 Å². The number of rotatable bonds is 7. The van der Waals surface area contributed by atoms with Crippen molar-refractivity contribution in [3.05, 3.63) is 0 Å². The maximum Gasteiger partial charge on any atom is 0.315 e. The van der Waals surface area contributed by atoms with Crippen LogP contribution in [0.4, 0.5) is 4.79 Å². The first-order valence-electron chi connectivity index (χ1n) is 7.80. The maximum atomic E-state index is 11.8. The second-order valence-corrected chi connectivity index (χ2v) is 6.48. The third-order valence-electron chi connectivity index (χ3n) is 4.81. The molecule has 2 amide bonds. The first-order chi connectivity index (χ1) is 9.54. The average molecular weight is 282 g/mol. The number of carboxylic acids is 1. The molecular weight excluding hydrogens is 256 g/mol. The second kappa shape index (κ2) is 6.95. The lowest BCUT2D eigenvalue weighted by molar-refractivity contribution is -0.137. The number of amides is 2. The van der Waals surface area contributed by atoms with Gasteiger partial charge < -0.3 is 15.7 Å². The van der Waals surface area contributed by atoms with Crippen LogP contribution in [0.5, 0.6) is 0 Å². The molecule has 2 saturated carbocycles. The molecule has 2 aliphatic carbocycles. The molecule has 0 aromatic rings. The fourth-order valence-corrected chi connectivity index (χ4v) is 3.76. The van der Waals surface area contributed by atoms with Gasteiger partial charge in [-0.15, -0.1) is 0 Å². The van der Waals surface area contributed by atoms with Gasteiger partial charge in [-0.25, -0.2) is 4.79 Å². The highest BCUT2D eigenvalue weighted by Gasteiger charge is 2.39. The van der Waals surface area contributed by atoms with Gasteiger partial charge in [-0.2, -0.15) is 0 Å². The molecule has 0 aromatic heterocycles. The summed E-state index contributed by atoms with van der Waals surface area (Å²) < 4.78 is 0. The first-order valence-corrected chi connectivity index (χ1v) is 7.80. The Labute approximate surface area is 120 Å². The van der Waals surface area contributed by atoms with E-state index < -0.39 is 5.97 Å². The summed E-state index contributed by atoms with van der Waals surface area (Å²) in [6.07, 6.45) is 6.83. The molecule has 3 N–H and O–H groups in total. The van der Waals surface area contributed by atoms with Crippen molar-refractivity contribution in [2.75, 3.05) is 6.54 Å². The molecule has 0 aliphatic heterocycles. The van der Waals surface area contributed by atoms with E-state index in [0.717, 1.165) is 18.4 Å².